The molecular formula is C26H42O2Si. The van der Waals surface area contributed by atoms with E-state index in [1.165, 1.54) is 43.3 Å². The molecule has 2 nitrogen and oxygen atoms in total. The van der Waals surface area contributed by atoms with Crippen LogP contribution in [0.3, 0.4) is 0 Å². The molecule has 1 aromatic rings. The third-order valence-corrected chi connectivity index (χ3v) is 10.0. The van der Waals surface area contributed by atoms with Gasteiger partial charge < -0.3 is 10.2 Å². The van der Waals surface area contributed by atoms with Crippen LogP contribution in [0.25, 0.3) is 0 Å². The fourth-order valence-electron chi connectivity index (χ4n) is 4.71. The third-order valence-electron chi connectivity index (χ3n) is 6.71. The smallest absolute Gasteiger partial charge is 0.123 e. The van der Waals surface area contributed by atoms with Crippen LogP contribution < -0.4 is 0 Å². The Morgan fingerprint density at radius 2 is 1.76 bits per heavy atom. The lowest BCUT2D eigenvalue weighted by Crippen LogP contribution is -2.25. The Kier molecular flexibility index (Phi) is 8.63. The van der Waals surface area contributed by atoms with Crippen LogP contribution in [0.2, 0.25) is 25.2 Å². The lowest BCUT2D eigenvalue weighted by atomic mass is 9.73. The van der Waals surface area contributed by atoms with Gasteiger partial charge in [-0.05, 0) is 56.7 Å². The van der Waals surface area contributed by atoms with Gasteiger partial charge in [0.2, 0.25) is 0 Å². The number of allylic oxidation sites excluding steroid dienone is 3. The second-order valence-corrected chi connectivity index (χ2v) is 15.4. The van der Waals surface area contributed by atoms with Gasteiger partial charge in [-0.25, -0.2) is 0 Å². The van der Waals surface area contributed by atoms with E-state index in [-0.39, 0.29) is 23.3 Å². The molecule has 3 heteroatoms. The van der Waals surface area contributed by atoms with Gasteiger partial charge in [0.05, 0.1) is 0 Å². The van der Waals surface area contributed by atoms with Crippen LogP contribution >= 0.6 is 0 Å². The van der Waals surface area contributed by atoms with Crippen molar-refractivity contribution in [3.05, 3.63) is 47.1 Å². The van der Waals surface area contributed by atoms with Crippen molar-refractivity contribution in [3.8, 4) is 11.5 Å². The predicted molar refractivity (Wildman–Crippen MR) is 129 cm³/mol. The maximum atomic E-state index is 10.8. The van der Waals surface area contributed by atoms with E-state index in [0.717, 1.165) is 30.4 Å². The SMILES string of the molecule is C=C(C)[C@H]1CCC(C)=C[C@@H]1c1c(O)cc(CC[Si](C)(C)CCCCCC)cc1O. The first kappa shape index (κ1) is 23.8. The molecule has 0 aromatic heterocycles. The number of rotatable bonds is 10. The Morgan fingerprint density at radius 3 is 2.34 bits per heavy atom. The van der Waals surface area contributed by atoms with Crippen LogP contribution in [0.1, 0.15) is 76.3 Å². The summed E-state index contributed by atoms with van der Waals surface area (Å²) in [5.74, 6) is 0.768. The topological polar surface area (TPSA) is 40.5 Å². The molecule has 0 saturated heterocycles. The van der Waals surface area contributed by atoms with Gasteiger partial charge >= 0.3 is 0 Å². The van der Waals surface area contributed by atoms with E-state index in [2.05, 4.69) is 46.5 Å². The molecule has 0 fully saturated rings. The fraction of sp³-hybridized carbons (Fsp3) is 0.615. The highest BCUT2D eigenvalue weighted by molar-refractivity contribution is 6.77. The minimum Gasteiger partial charge on any atom is -0.507 e. The summed E-state index contributed by atoms with van der Waals surface area (Å²) in [5.41, 5.74) is 4.18. The number of aryl methyl sites for hydroxylation is 1. The van der Waals surface area contributed by atoms with Gasteiger partial charge in [-0.2, -0.15) is 0 Å². The maximum Gasteiger partial charge on any atom is 0.123 e. The molecule has 0 radical (unpaired) electrons. The van der Waals surface area contributed by atoms with Crippen LogP contribution in [0.5, 0.6) is 11.5 Å². The molecule has 0 heterocycles. The van der Waals surface area contributed by atoms with Gasteiger partial charge in [-0.15, -0.1) is 0 Å². The van der Waals surface area contributed by atoms with Crippen LogP contribution in [0.4, 0.5) is 0 Å². The van der Waals surface area contributed by atoms with E-state index in [0.29, 0.717) is 5.56 Å². The van der Waals surface area contributed by atoms with E-state index in [1.54, 1.807) is 0 Å². The Hall–Kier alpha value is -1.48. The first-order chi connectivity index (χ1) is 13.6. The number of benzene rings is 1. The zero-order valence-electron chi connectivity index (χ0n) is 19.4. The van der Waals surface area contributed by atoms with E-state index in [1.807, 2.05) is 12.1 Å². The van der Waals surface area contributed by atoms with E-state index >= 15 is 0 Å². The van der Waals surface area contributed by atoms with Crippen molar-refractivity contribution in [3.63, 3.8) is 0 Å². The maximum absolute atomic E-state index is 10.8. The molecule has 0 aliphatic heterocycles. The Labute approximate surface area is 179 Å². The largest absolute Gasteiger partial charge is 0.507 e. The summed E-state index contributed by atoms with van der Waals surface area (Å²) in [6.45, 7) is 15.6. The summed E-state index contributed by atoms with van der Waals surface area (Å²) < 4.78 is 0. The van der Waals surface area contributed by atoms with Gasteiger partial charge in [0.25, 0.3) is 0 Å². The minimum atomic E-state index is -1.24. The number of phenols is 2. The number of hydrogen-bond acceptors (Lipinski definition) is 2. The highest BCUT2D eigenvalue weighted by Crippen LogP contribution is 2.46. The normalized spacial score (nSPS) is 19.8. The molecule has 0 unspecified atom stereocenters. The molecule has 0 amide bonds. The fourth-order valence-corrected chi connectivity index (χ4v) is 7.13. The zero-order chi connectivity index (χ0) is 21.6. The number of phenolic OH excluding ortho intramolecular Hbond substituents is 2. The third kappa shape index (κ3) is 6.77. The molecule has 162 valence electrons. The van der Waals surface area contributed by atoms with Crippen LogP contribution in [-0.2, 0) is 6.42 Å². The molecule has 0 saturated carbocycles. The zero-order valence-corrected chi connectivity index (χ0v) is 20.4. The van der Waals surface area contributed by atoms with E-state index in [4.69, 9.17) is 0 Å². The summed E-state index contributed by atoms with van der Waals surface area (Å²) >= 11 is 0. The van der Waals surface area contributed by atoms with Gasteiger partial charge in [-0.3, -0.25) is 0 Å². The molecule has 2 N–H and O–H groups in total. The molecule has 0 bridgehead atoms. The molecule has 0 spiro atoms. The van der Waals surface area contributed by atoms with Crippen molar-refractivity contribution in [1.82, 2.24) is 0 Å². The summed E-state index contributed by atoms with van der Waals surface area (Å²) in [6, 6.07) is 6.36. The monoisotopic (exact) mass is 414 g/mol. The van der Waals surface area contributed by atoms with E-state index < -0.39 is 8.07 Å². The molecule has 2 atom stereocenters. The van der Waals surface area contributed by atoms with Crippen molar-refractivity contribution in [2.75, 3.05) is 0 Å². The second kappa shape index (κ2) is 10.5. The number of hydrogen-bond donors (Lipinski definition) is 2. The predicted octanol–water partition coefficient (Wildman–Crippen LogP) is 7.95. The lowest BCUT2D eigenvalue weighted by Gasteiger charge is -2.31. The average molecular weight is 415 g/mol. The molecule has 1 aliphatic carbocycles. The van der Waals surface area contributed by atoms with Crippen molar-refractivity contribution in [1.29, 1.82) is 0 Å². The summed E-state index contributed by atoms with van der Waals surface area (Å²) in [7, 11) is -1.24. The van der Waals surface area contributed by atoms with Crippen molar-refractivity contribution < 1.29 is 10.2 Å². The van der Waals surface area contributed by atoms with Gasteiger partial charge in [0.15, 0.2) is 0 Å². The van der Waals surface area contributed by atoms with Gasteiger partial charge in [-0.1, -0.05) is 81.6 Å². The summed E-state index contributed by atoms with van der Waals surface area (Å²) in [6.07, 6.45) is 10.6. The van der Waals surface area contributed by atoms with Crippen LogP contribution in [-0.4, -0.2) is 18.3 Å². The van der Waals surface area contributed by atoms with Gasteiger partial charge in [0, 0.05) is 19.6 Å². The standard InChI is InChI=1S/C26H42O2Si/c1-7-8-9-10-14-29(5,6)15-13-21-17-24(27)26(25(28)18-21)23-16-20(4)11-12-22(23)19(2)3/h16-18,22-23,27-28H,2,7-15H2,1,3-6H3/t22-,23+/m1/s1. The highest BCUT2D eigenvalue weighted by Gasteiger charge is 2.30. The van der Waals surface area contributed by atoms with Crippen LogP contribution in [0.15, 0.2) is 35.9 Å². The molecular weight excluding hydrogens is 372 g/mol. The first-order valence-electron chi connectivity index (χ1n) is 11.5. The second-order valence-electron chi connectivity index (χ2n) is 10.1. The molecule has 1 aromatic carbocycles. The molecule has 2 rings (SSSR count). The van der Waals surface area contributed by atoms with Crippen molar-refractivity contribution in [2.45, 2.75) is 96.8 Å². The Morgan fingerprint density at radius 1 is 1.10 bits per heavy atom. The van der Waals surface area contributed by atoms with Crippen molar-refractivity contribution >= 4 is 8.07 Å². The molecule has 1 aliphatic rings. The minimum absolute atomic E-state index is 0.0136. The first-order valence-corrected chi connectivity index (χ1v) is 14.9. The molecule has 29 heavy (non-hydrogen) atoms. The van der Waals surface area contributed by atoms with Gasteiger partial charge in [0.1, 0.15) is 11.5 Å². The Balaban J connectivity index is 2.13. The van der Waals surface area contributed by atoms with Crippen LogP contribution in [0, 0.1) is 5.92 Å². The highest BCUT2D eigenvalue weighted by atomic mass is 28.3. The lowest BCUT2D eigenvalue weighted by molar-refractivity contribution is 0.406. The quantitative estimate of drug-likeness (QED) is 0.232. The number of unbranched alkanes of at least 4 members (excludes halogenated alkanes) is 3. The Bertz CT molecular complexity index is 709. The summed E-state index contributed by atoms with van der Waals surface area (Å²) in [4.78, 5) is 0. The number of aromatic hydroxyl groups is 2. The van der Waals surface area contributed by atoms with Crippen molar-refractivity contribution in [2.24, 2.45) is 5.92 Å². The average Bonchev–Trinajstić information content (AvgIpc) is 2.63. The summed E-state index contributed by atoms with van der Waals surface area (Å²) in [5, 5.41) is 21.7. The van der Waals surface area contributed by atoms with E-state index in [9.17, 15) is 10.2 Å².